The van der Waals surface area contributed by atoms with Crippen molar-refractivity contribution >= 4 is 5.69 Å². The van der Waals surface area contributed by atoms with Crippen molar-refractivity contribution in [2.75, 3.05) is 14.2 Å². The molecule has 18 heavy (non-hydrogen) atoms. The van der Waals surface area contributed by atoms with Crippen LogP contribution in [0, 0.1) is 10.1 Å². The van der Waals surface area contributed by atoms with Gasteiger partial charge >= 0.3 is 5.69 Å². The molecule has 0 saturated carbocycles. The van der Waals surface area contributed by atoms with E-state index in [-0.39, 0.29) is 17.6 Å². The first-order chi connectivity index (χ1) is 8.63. The van der Waals surface area contributed by atoms with Crippen LogP contribution in [0.15, 0.2) is 6.33 Å². The molecular weight excluding hydrogens is 236 g/mol. The van der Waals surface area contributed by atoms with E-state index < -0.39 is 4.92 Å². The SMILES string of the molecule is CCCC(Cc1ncnc(OC)c1[N+](=O)[O-])NC. The molecule has 7 nitrogen and oxygen atoms in total. The highest BCUT2D eigenvalue weighted by molar-refractivity contribution is 5.44. The summed E-state index contributed by atoms with van der Waals surface area (Å²) < 4.78 is 4.91. The minimum atomic E-state index is -0.493. The summed E-state index contributed by atoms with van der Waals surface area (Å²) in [5, 5.41) is 14.2. The lowest BCUT2D eigenvalue weighted by atomic mass is 10.1. The van der Waals surface area contributed by atoms with Crippen LogP contribution in [-0.2, 0) is 6.42 Å². The number of nitrogens with zero attached hydrogens (tertiary/aromatic N) is 3. The summed E-state index contributed by atoms with van der Waals surface area (Å²) in [7, 11) is 3.20. The molecule has 1 atom stereocenters. The normalized spacial score (nSPS) is 12.2. The van der Waals surface area contributed by atoms with E-state index in [1.165, 1.54) is 13.4 Å². The van der Waals surface area contributed by atoms with Crippen LogP contribution >= 0.6 is 0 Å². The molecule has 0 bridgehead atoms. The highest BCUT2D eigenvalue weighted by Gasteiger charge is 2.25. The summed E-state index contributed by atoms with van der Waals surface area (Å²) in [4.78, 5) is 18.3. The van der Waals surface area contributed by atoms with Crippen molar-refractivity contribution in [3.05, 3.63) is 22.1 Å². The summed E-state index contributed by atoms with van der Waals surface area (Å²) in [6.45, 7) is 2.07. The molecule has 1 aromatic heterocycles. The van der Waals surface area contributed by atoms with Crippen molar-refractivity contribution in [1.82, 2.24) is 15.3 Å². The molecule has 7 heteroatoms. The van der Waals surface area contributed by atoms with E-state index in [0.29, 0.717) is 12.1 Å². The Morgan fingerprint density at radius 1 is 1.56 bits per heavy atom. The van der Waals surface area contributed by atoms with E-state index >= 15 is 0 Å². The molecule has 1 unspecified atom stereocenters. The van der Waals surface area contributed by atoms with Crippen molar-refractivity contribution in [2.45, 2.75) is 32.2 Å². The fourth-order valence-electron chi connectivity index (χ4n) is 1.81. The third-order valence-electron chi connectivity index (χ3n) is 2.73. The van der Waals surface area contributed by atoms with Gasteiger partial charge in [-0.15, -0.1) is 0 Å². The number of nitrogens with one attached hydrogen (secondary N) is 1. The maximum Gasteiger partial charge on any atom is 0.352 e. The van der Waals surface area contributed by atoms with E-state index in [2.05, 4.69) is 22.2 Å². The number of aromatic nitrogens is 2. The van der Waals surface area contributed by atoms with Crippen LogP contribution in [0.5, 0.6) is 5.88 Å². The van der Waals surface area contributed by atoms with Crippen LogP contribution in [0.4, 0.5) is 5.69 Å². The van der Waals surface area contributed by atoms with Gasteiger partial charge in [-0.25, -0.2) is 4.98 Å². The van der Waals surface area contributed by atoms with Gasteiger partial charge in [-0.2, -0.15) is 4.98 Å². The van der Waals surface area contributed by atoms with Gasteiger partial charge in [0.25, 0.3) is 5.88 Å². The number of rotatable bonds is 7. The average molecular weight is 254 g/mol. The molecule has 0 saturated heterocycles. The molecule has 0 aliphatic heterocycles. The molecule has 0 fully saturated rings. The van der Waals surface area contributed by atoms with E-state index in [4.69, 9.17) is 4.74 Å². The Morgan fingerprint density at radius 3 is 2.78 bits per heavy atom. The van der Waals surface area contributed by atoms with Crippen LogP contribution in [0.25, 0.3) is 0 Å². The smallest absolute Gasteiger partial charge is 0.352 e. The predicted octanol–water partition coefficient (Wildman–Crippen LogP) is 1.32. The van der Waals surface area contributed by atoms with Crippen LogP contribution in [-0.4, -0.2) is 35.1 Å². The highest BCUT2D eigenvalue weighted by atomic mass is 16.6. The van der Waals surface area contributed by atoms with Gasteiger partial charge in [0.15, 0.2) is 0 Å². The highest BCUT2D eigenvalue weighted by Crippen LogP contribution is 2.27. The summed E-state index contributed by atoms with van der Waals surface area (Å²) >= 11 is 0. The molecule has 1 heterocycles. The molecule has 0 aliphatic rings. The second-order valence-corrected chi connectivity index (χ2v) is 3.91. The molecule has 0 amide bonds. The van der Waals surface area contributed by atoms with Gasteiger partial charge in [0.1, 0.15) is 12.0 Å². The molecule has 0 aliphatic carbocycles. The summed E-state index contributed by atoms with van der Waals surface area (Å²) in [6, 6.07) is 0.160. The molecule has 0 spiro atoms. The van der Waals surface area contributed by atoms with Crippen LogP contribution in [0.2, 0.25) is 0 Å². The number of hydrogen-bond donors (Lipinski definition) is 1. The average Bonchev–Trinajstić information content (AvgIpc) is 2.37. The van der Waals surface area contributed by atoms with Crippen molar-refractivity contribution in [2.24, 2.45) is 0 Å². The van der Waals surface area contributed by atoms with Gasteiger partial charge in [-0.3, -0.25) is 10.1 Å². The molecule has 1 rings (SSSR count). The monoisotopic (exact) mass is 254 g/mol. The molecule has 0 radical (unpaired) electrons. The molecule has 1 N–H and O–H groups in total. The first-order valence-electron chi connectivity index (χ1n) is 5.83. The Balaban J connectivity index is 3.03. The van der Waals surface area contributed by atoms with Gasteiger partial charge in [-0.1, -0.05) is 13.3 Å². The van der Waals surface area contributed by atoms with E-state index in [1.54, 1.807) is 0 Å². The Labute approximate surface area is 106 Å². The Kier molecular flexibility index (Phi) is 5.44. The maximum absolute atomic E-state index is 11.1. The maximum atomic E-state index is 11.1. The van der Waals surface area contributed by atoms with E-state index in [0.717, 1.165) is 12.8 Å². The third kappa shape index (κ3) is 3.36. The lowest BCUT2D eigenvalue weighted by Crippen LogP contribution is -2.28. The second kappa shape index (κ2) is 6.85. The number of likely N-dealkylation sites (N-methyl/N-ethyl adjacent to an activating group) is 1. The molecule has 0 aromatic carbocycles. The first kappa shape index (κ1) is 14.3. The van der Waals surface area contributed by atoms with Crippen molar-refractivity contribution in [3.63, 3.8) is 0 Å². The summed E-state index contributed by atoms with van der Waals surface area (Å²) in [5.41, 5.74) is 0.260. The molecule has 1 aromatic rings. The molecule has 100 valence electrons. The minimum Gasteiger partial charge on any atom is -0.476 e. The topological polar surface area (TPSA) is 90.2 Å². The van der Waals surface area contributed by atoms with Gasteiger partial charge in [0, 0.05) is 12.5 Å². The van der Waals surface area contributed by atoms with E-state index in [9.17, 15) is 10.1 Å². The zero-order chi connectivity index (χ0) is 13.5. The minimum absolute atomic E-state index is 0.0105. The van der Waals surface area contributed by atoms with Crippen molar-refractivity contribution in [1.29, 1.82) is 0 Å². The number of ether oxygens (including phenoxy) is 1. The number of methoxy groups -OCH3 is 1. The fourth-order valence-corrected chi connectivity index (χ4v) is 1.81. The van der Waals surface area contributed by atoms with Gasteiger partial charge in [-0.05, 0) is 13.5 Å². The predicted molar refractivity (Wildman–Crippen MR) is 66.7 cm³/mol. The number of hydrogen-bond acceptors (Lipinski definition) is 6. The fraction of sp³-hybridized carbons (Fsp3) is 0.636. The van der Waals surface area contributed by atoms with Gasteiger partial charge < -0.3 is 10.1 Å². The van der Waals surface area contributed by atoms with Crippen LogP contribution < -0.4 is 10.1 Å². The zero-order valence-corrected chi connectivity index (χ0v) is 10.8. The van der Waals surface area contributed by atoms with Crippen LogP contribution in [0.3, 0.4) is 0 Å². The summed E-state index contributed by atoms with van der Waals surface area (Å²) in [5.74, 6) is 0.0105. The zero-order valence-electron chi connectivity index (χ0n) is 10.8. The quantitative estimate of drug-likeness (QED) is 0.583. The lowest BCUT2D eigenvalue weighted by molar-refractivity contribution is -0.387. The third-order valence-corrected chi connectivity index (χ3v) is 2.73. The molecular formula is C11H18N4O3. The number of nitro groups is 1. The van der Waals surface area contributed by atoms with Gasteiger partial charge in [0.05, 0.1) is 12.0 Å². The first-order valence-corrected chi connectivity index (χ1v) is 5.83. The second-order valence-electron chi connectivity index (χ2n) is 3.91. The van der Waals surface area contributed by atoms with E-state index in [1.807, 2.05) is 7.05 Å². The van der Waals surface area contributed by atoms with Crippen LogP contribution in [0.1, 0.15) is 25.5 Å². The van der Waals surface area contributed by atoms with Gasteiger partial charge in [0.2, 0.25) is 0 Å². The lowest BCUT2D eigenvalue weighted by Gasteiger charge is -2.14. The Hall–Kier alpha value is -1.76. The Morgan fingerprint density at radius 2 is 2.28 bits per heavy atom. The van der Waals surface area contributed by atoms with Crippen molar-refractivity contribution in [3.8, 4) is 5.88 Å². The van der Waals surface area contributed by atoms with Crippen molar-refractivity contribution < 1.29 is 9.66 Å². The standard InChI is InChI=1S/C11H18N4O3/c1-4-5-8(12-2)6-9-10(15(16)17)11(18-3)14-7-13-9/h7-8,12H,4-6H2,1-3H3. The Bertz CT molecular complexity index is 411. The largest absolute Gasteiger partial charge is 0.476 e. The summed E-state index contributed by atoms with van der Waals surface area (Å²) in [6.07, 6.45) is 3.71.